The van der Waals surface area contributed by atoms with Crippen LogP contribution in [0.4, 0.5) is 10.2 Å². The predicted octanol–water partition coefficient (Wildman–Crippen LogP) is 4.90. The van der Waals surface area contributed by atoms with Crippen molar-refractivity contribution in [2.45, 2.75) is 25.3 Å². The summed E-state index contributed by atoms with van der Waals surface area (Å²) in [6.07, 6.45) is 9.98. The number of rotatable bonds is 4. The number of hydrogen-bond donors (Lipinski definition) is 1. The van der Waals surface area contributed by atoms with E-state index in [1.54, 1.807) is 36.0 Å². The van der Waals surface area contributed by atoms with Crippen molar-refractivity contribution >= 4 is 32.9 Å². The Morgan fingerprint density at radius 3 is 2.93 bits per heavy atom. The van der Waals surface area contributed by atoms with Gasteiger partial charge in [-0.05, 0) is 36.1 Å². The van der Waals surface area contributed by atoms with Crippen molar-refractivity contribution in [2.75, 3.05) is 5.32 Å². The van der Waals surface area contributed by atoms with E-state index in [9.17, 15) is 4.39 Å². The van der Waals surface area contributed by atoms with E-state index in [2.05, 4.69) is 16.4 Å². The number of allylic oxidation sites excluding steroid dienone is 2. The van der Waals surface area contributed by atoms with E-state index >= 15 is 0 Å². The van der Waals surface area contributed by atoms with E-state index in [1.165, 1.54) is 34.6 Å². The van der Waals surface area contributed by atoms with Crippen molar-refractivity contribution in [1.29, 1.82) is 0 Å². The van der Waals surface area contributed by atoms with Crippen LogP contribution in [0.5, 0.6) is 0 Å². The average Bonchev–Trinajstić information content (AvgIpc) is 3.42. The molecular formula is C21H16FN5S. The van der Waals surface area contributed by atoms with Crippen molar-refractivity contribution in [3.63, 3.8) is 0 Å². The number of aromatic nitrogens is 4. The molecule has 4 aromatic rings. The van der Waals surface area contributed by atoms with E-state index in [4.69, 9.17) is 9.97 Å². The Kier molecular flexibility index (Phi) is 3.40. The highest BCUT2D eigenvalue weighted by Gasteiger charge is 2.39. The number of thiophene rings is 1. The third-order valence-corrected chi connectivity index (χ3v) is 6.67. The van der Waals surface area contributed by atoms with Gasteiger partial charge in [0.1, 0.15) is 22.8 Å². The lowest BCUT2D eigenvalue weighted by atomic mass is 9.80. The monoisotopic (exact) mass is 389 g/mol. The molecule has 1 aromatic carbocycles. The normalized spacial score (nSPS) is 17.2. The van der Waals surface area contributed by atoms with Crippen molar-refractivity contribution in [3.05, 3.63) is 70.9 Å². The zero-order chi connectivity index (χ0) is 18.7. The lowest BCUT2D eigenvalue weighted by molar-refractivity contribution is 0.627. The first-order valence-electron chi connectivity index (χ1n) is 9.29. The number of nitrogens with zero attached hydrogens (tertiary/aromatic N) is 4. The predicted molar refractivity (Wildman–Crippen MR) is 108 cm³/mol. The molecule has 7 heteroatoms. The molecule has 0 spiro atoms. The zero-order valence-electron chi connectivity index (χ0n) is 14.9. The molecule has 0 amide bonds. The first-order valence-corrected chi connectivity index (χ1v) is 10.1. The van der Waals surface area contributed by atoms with Gasteiger partial charge in [-0.25, -0.2) is 14.4 Å². The summed E-state index contributed by atoms with van der Waals surface area (Å²) < 4.78 is 15.0. The maximum absolute atomic E-state index is 13.2. The van der Waals surface area contributed by atoms with Gasteiger partial charge in [-0.2, -0.15) is 4.98 Å². The zero-order valence-corrected chi connectivity index (χ0v) is 15.7. The van der Waals surface area contributed by atoms with Crippen LogP contribution < -0.4 is 5.32 Å². The second-order valence-electron chi connectivity index (χ2n) is 7.13. The fraction of sp³-hybridized carbons (Fsp3) is 0.190. The molecular weight excluding hydrogens is 373 g/mol. The maximum atomic E-state index is 13.2. The van der Waals surface area contributed by atoms with E-state index in [0.29, 0.717) is 18.4 Å². The van der Waals surface area contributed by atoms with Gasteiger partial charge in [0.05, 0.1) is 5.39 Å². The second kappa shape index (κ2) is 5.97. The minimum Gasteiger partial charge on any atom is -0.365 e. The first kappa shape index (κ1) is 15.9. The average molecular weight is 389 g/mol. The quantitative estimate of drug-likeness (QED) is 0.539. The Bertz CT molecular complexity index is 1220. The molecule has 1 N–H and O–H groups in total. The van der Waals surface area contributed by atoms with Crippen molar-refractivity contribution in [3.8, 4) is 5.95 Å². The SMILES string of the molecule is Fc1ccc(CNc2nc(-n3ccnc3)nc3sc4c(c23)C2=CCCC24)cc1. The smallest absolute Gasteiger partial charge is 0.238 e. The van der Waals surface area contributed by atoms with Gasteiger partial charge >= 0.3 is 0 Å². The van der Waals surface area contributed by atoms with Crippen LogP contribution in [0.25, 0.3) is 21.7 Å². The highest BCUT2D eigenvalue weighted by Crippen LogP contribution is 2.59. The molecule has 138 valence electrons. The van der Waals surface area contributed by atoms with Gasteiger partial charge in [0, 0.05) is 35.3 Å². The topological polar surface area (TPSA) is 55.6 Å². The highest BCUT2D eigenvalue weighted by atomic mass is 32.1. The van der Waals surface area contributed by atoms with Gasteiger partial charge in [0.15, 0.2) is 0 Å². The molecule has 0 bridgehead atoms. The molecule has 0 aliphatic heterocycles. The Morgan fingerprint density at radius 2 is 2.11 bits per heavy atom. The van der Waals surface area contributed by atoms with E-state index in [1.807, 2.05) is 10.8 Å². The lowest BCUT2D eigenvalue weighted by Gasteiger charge is -2.26. The van der Waals surface area contributed by atoms with Gasteiger partial charge in [-0.1, -0.05) is 18.2 Å². The minimum atomic E-state index is -0.228. The van der Waals surface area contributed by atoms with E-state index in [0.717, 1.165) is 28.0 Å². The van der Waals surface area contributed by atoms with Gasteiger partial charge in [-0.15, -0.1) is 11.3 Å². The van der Waals surface area contributed by atoms with Crippen LogP contribution >= 0.6 is 11.3 Å². The summed E-state index contributed by atoms with van der Waals surface area (Å²) >= 11 is 1.78. The molecule has 5 nitrogen and oxygen atoms in total. The molecule has 0 fully saturated rings. The number of nitrogens with one attached hydrogen (secondary N) is 1. The van der Waals surface area contributed by atoms with Gasteiger partial charge in [0.2, 0.25) is 5.95 Å². The second-order valence-corrected chi connectivity index (χ2v) is 8.16. The third kappa shape index (κ3) is 2.32. The minimum absolute atomic E-state index is 0.228. The number of fused-ring (bicyclic) bond motifs is 6. The summed E-state index contributed by atoms with van der Waals surface area (Å²) in [4.78, 5) is 16.2. The molecule has 0 radical (unpaired) electrons. The lowest BCUT2D eigenvalue weighted by Crippen LogP contribution is -2.11. The third-order valence-electron chi connectivity index (χ3n) is 5.48. The Morgan fingerprint density at radius 1 is 1.21 bits per heavy atom. The van der Waals surface area contributed by atoms with Crippen molar-refractivity contribution < 1.29 is 4.39 Å². The van der Waals surface area contributed by atoms with Crippen LogP contribution in [-0.4, -0.2) is 19.5 Å². The number of hydrogen-bond acceptors (Lipinski definition) is 5. The molecule has 0 saturated heterocycles. The molecule has 3 heterocycles. The Balaban J connectivity index is 1.47. The summed E-state index contributed by atoms with van der Waals surface area (Å²) in [5.41, 5.74) is 3.77. The summed E-state index contributed by atoms with van der Waals surface area (Å²) in [6, 6.07) is 6.54. The van der Waals surface area contributed by atoms with E-state index < -0.39 is 0 Å². The largest absolute Gasteiger partial charge is 0.365 e. The number of imidazole rings is 1. The molecule has 1 unspecified atom stereocenters. The molecule has 3 aromatic heterocycles. The molecule has 2 aliphatic rings. The van der Waals surface area contributed by atoms with Crippen LogP contribution in [0.1, 0.15) is 34.8 Å². The van der Waals surface area contributed by atoms with Crippen LogP contribution in [0.2, 0.25) is 0 Å². The van der Waals surface area contributed by atoms with Crippen LogP contribution in [-0.2, 0) is 6.54 Å². The number of benzene rings is 1. The first-order chi connectivity index (χ1) is 13.8. The summed E-state index contributed by atoms with van der Waals surface area (Å²) in [6.45, 7) is 0.572. The van der Waals surface area contributed by atoms with Crippen molar-refractivity contribution in [1.82, 2.24) is 19.5 Å². The van der Waals surface area contributed by atoms with Crippen LogP contribution in [0.3, 0.4) is 0 Å². The number of halogens is 1. The van der Waals surface area contributed by atoms with E-state index in [-0.39, 0.29) is 5.82 Å². The maximum Gasteiger partial charge on any atom is 0.238 e. The molecule has 1 atom stereocenters. The standard InChI is InChI=1S/C21H16FN5S/c22-13-6-4-12(5-7-13)10-24-19-17-16-14-2-1-3-15(14)18(16)28-20(17)26-21(25-19)27-9-8-23-11-27/h2,4-9,11,15H,1,3,10H2,(H,24,25,26). The summed E-state index contributed by atoms with van der Waals surface area (Å²) in [5, 5.41) is 4.57. The molecule has 6 rings (SSSR count). The van der Waals surface area contributed by atoms with Gasteiger partial charge in [0.25, 0.3) is 0 Å². The van der Waals surface area contributed by atoms with Gasteiger partial charge < -0.3 is 5.32 Å². The van der Waals surface area contributed by atoms with Crippen LogP contribution in [0.15, 0.2) is 49.1 Å². The Hall–Kier alpha value is -3.06. The summed E-state index contributed by atoms with van der Waals surface area (Å²) in [7, 11) is 0. The number of anilines is 1. The Labute approximate surface area is 164 Å². The fourth-order valence-electron chi connectivity index (χ4n) is 4.12. The summed E-state index contributed by atoms with van der Waals surface area (Å²) in [5.74, 6) is 1.78. The molecule has 28 heavy (non-hydrogen) atoms. The highest BCUT2D eigenvalue weighted by molar-refractivity contribution is 7.19. The fourth-order valence-corrected chi connectivity index (χ4v) is 5.47. The van der Waals surface area contributed by atoms with Crippen LogP contribution in [0, 0.1) is 5.82 Å². The molecule has 0 saturated carbocycles. The van der Waals surface area contributed by atoms with Crippen molar-refractivity contribution in [2.24, 2.45) is 0 Å². The van der Waals surface area contributed by atoms with Gasteiger partial charge in [-0.3, -0.25) is 4.57 Å². The molecule has 2 aliphatic carbocycles.